The molecular formula is C6H17NO7P2. The monoisotopic (exact) mass is 277 g/mol. The van der Waals surface area contributed by atoms with Gasteiger partial charge in [-0.3, -0.25) is 14.0 Å². The Labute approximate surface area is 93.1 Å². The molecule has 6 N–H and O–H groups in total. The van der Waals surface area contributed by atoms with E-state index in [2.05, 4.69) is 10.7 Å². The summed E-state index contributed by atoms with van der Waals surface area (Å²) in [6, 6.07) is 0. The predicted octanol–water partition coefficient (Wildman–Crippen LogP) is 0.466. The molecule has 0 heterocycles. The van der Waals surface area contributed by atoms with Crippen molar-refractivity contribution >= 4 is 15.2 Å². The Bertz CT molecular complexity index is 286. The molecule has 8 nitrogen and oxygen atoms in total. The number of hydrogen-bond donors (Lipinski definition) is 5. The molecule has 0 aliphatic heterocycles. The summed E-state index contributed by atoms with van der Waals surface area (Å²) < 4.78 is 22.2. The fourth-order valence-electron chi connectivity index (χ4n) is 1.26. The van der Waals surface area contributed by atoms with Crippen molar-refractivity contribution in [2.45, 2.75) is 37.7 Å². The van der Waals surface area contributed by atoms with E-state index in [1.54, 1.807) is 0 Å². The molecule has 0 atom stereocenters. The van der Waals surface area contributed by atoms with E-state index in [9.17, 15) is 9.13 Å². The minimum Gasteiger partial charge on any atom is -0.322 e. The van der Waals surface area contributed by atoms with E-state index in [0.717, 1.165) is 6.42 Å². The molecule has 98 valence electrons. The van der Waals surface area contributed by atoms with Crippen molar-refractivity contribution in [3.63, 3.8) is 0 Å². The standard InChI is InChI=1S/C6H17NO7P2/c1-2-3-4-5-6(14-7,15(8,9)10)16(11,12)13/h2-5,7H2,1H3,(H2,8,9,10)(H2,11,12,13). The third-order valence-corrected chi connectivity index (χ3v) is 6.25. The van der Waals surface area contributed by atoms with Crippen LogP contribution in [0.3, 0.4) is 0 Å². The third-order valence-electron chi connectivity index (χ3n) is 2.21. The highest BCUT2D eigenvalue weighted by molar-refractivity contribution is 7.72. The summed E-state index contributed by atoms with van der Waals surface area (Å²) in [4.78, 5) is 39.9. The van der Waals surface area contributed by atoms with Gasteiger partial charge < -0.3 is 19.6 Å². The minimum absolute atomic E-state index is 0.198. The maximum Gasteiger partial charge on any atom is 0.371 e. The molecule has 16 heavy (non-hydrogen) atoms. The van der Waals surface area contributed by atoms with Crippen LogP contribution in [0.15, 0.2) is 0 Å². The van der Waals surface area contributed by atoms with Crippen LogP contribution in [0.4, 0.5) is 0 Å². The van der Waals surface area contributed by atoms with Crippen LogP contribution < -0.4 is 5.90 Å². The zero-order chi connectivity index (χ0) is 13.0. The molecule has 0 aromatic rings. The van der Waals surface area contributed by atoms with Crippen molar-refractivity contribution in [3.8, 4) is 0 Å². The second-order valence-electron chi connectivity index (χ2n) is 3.41. The van der Waals surface area contributed by atoms with Gasteiger partial charge in [0.15, 0.2) is 0 Å². The molecule has 0 saturated heterocycles. The Balaban J connectivity index is 5.17. The number of hydrogen-bond acceptors (Lipinski definition) is 4. The molecule has 0 bridgehead atoms. The maximum absolute atomic E-state index is 11.1. The van der Waals surface area contributed by atoms with E-state index < -0.39 is 26.7 Å². The van der Waals surface area contributed by atoms with Gasteiger partial charge in [-0.15, -0.1) is 0 Å². The summed E-state index contributed by atoms with van der Waals surface area (Å²) >= 11 is 0. The lowest BCUT2D eigenvalue weighted by Gasteiger charge is -2.31. The van der Waals surface area contributed by atoms with Gasteiger partial charge in [-0.25, -0.2) is 5.90 Å². The van der Waals surface area contributed by atoms with Crippen LogP contribution in [0.1, 0.15) is 32.6 Å². The molecule has 0 fully saturated rings. The Morgan fingerprint density at radius 3 is 1.81 bits per heavy atom. The van der Waals surface area contributed by atoms with Crippen LogP contribution in [0, 0.1) is 0 Å². The van der Waals surface area contributed by atoms with Gasteiger partial charge in [0.25, 0.3) is 5.08 Å². The Hall–Kier alpha value is 0.220. The molecule has 10 heteroatoms. The summed E-state index contributed by atoms with van der Waals surface area (Å²) in [6.07, 6.45) is 0.990. The van der Waals surface area contributed by atoms with Gasteiger partial charge in [-0.1, -0.05) is 19.8 Å². The second kappa shape index (κ2) is 5.71. The highest BCUT2D eigenvalue weighted by atomic mass is 31.2. The highest BCUT2D eigenvalue weighted by Gasteiger charge is 2.61. The lowest BCUT2D eigenvalue weighted by atomic mass is 10.2. The van der Waals surface area contributed by atoms with Gasteiger partial charge in [0.1, 0.15) is 0 Å². The average molecular weight is 277 g/mol. The van der Waals surface area contributed by atoms with Gasteiger partial charge >= 0.3 is 15.2 Å². The summed E-state index contributed by atoms with van der Waals surface area (Å²) in [5, 5.41) is -2.92. The number of nitrogens with two attached hydrogens (primary N) is 1. The lowest BCUT2D eigenvalue weighted by molar-refractivity contribution is 0.0292. The van der Waals surface area contributed by atoms with Crippen LogP contribution in [-0.2, 0) is 14.0 Å². The van der Waals surface area contributed by atoms with Gasteiger partial charge in [-0.2, -0.15) is 0 Å². The SMILES string of the molecule is CCCCCC(ON)(P(=O)(O)O)P(=O)(O)O. The normalized spacial score (nSPS) is 14.1. The highest BCUT2D eigenvalue weighted by Crippen LogP contribution is 2.70. The number of unbranched alkanes of at least 4 members (excludes halogenated alkanes) is 2. The molecule has 0 aliphatic carbocycles. The molecule has 0 aliphatic rings. The zero-order valence-corrected chi connectivity index (χ0v) is 10.6. The first-order valence-electron chi connectivity index (χ1n) is 4.61. The minimum atomic E-state index is -5.18. The van der Waals surface area contributed by atoms with Crippen molar-refractivity contribution in [2.75, 3.05) is 0 Å². The molecule has 0 radical (unpaired) electrons. The average Bonchev–Trinajstić information content (AvgIpc) is 2.08. The smallest absolute Gasteiger partial charge is 0.322 e. The fourth-order valence-corrected chi connectivity index (χ4v) is 3.79. The molecule has 0 aromatic heterocycles. The summed E-state index contributed by atoms with van der Waals surface area (Å²) in [7, 11) is -10.4. The third kappa shape index (κ3) is 3.35. The van der Waals surface area contributed by atoms with Crippen LogP contribution in [0.25, 0.3) is 0 Å². The van der Waals surface area contributed by atoms with E-state index in [1.165, 1.54) is 0 Å². The topological polar surface area (TPSA) is 150 Å². The quantitative estimate of drug-likeness (QED) is 0.256. The first-order chi connectivity index (χ1) is 7.12. The van der Waals surface area contributed by atoms with Crippen molar-refractivity contribution in [1.29, 1.82) is 0 Å². The predicted molar refractivity (Wildman–Crippen MR) is 56.2 cm³/mol. The van der Waals surface area contributed by atoms with Gasteiger partial charge in [-0.05, 0) is 6.42 Å². The molecule has 0 amide bonds. The molecule has 0 saturated carbocycles. The lowest BCUT2D eigenvalue weighted by Crippen LogP contribution is -2.35. The van der Waals surface area contributed by atoms with E-state index in [4.69, 9.17) is 19.6 Å². The summed E-state index contributed by atoms with van der Waals surface area (Å²) in [6.45, 7) is 1.83. The molecule has 0 unspecified atom stereocenters. The molecule has 0 aromatic carbocycles. The second-order valence-corrected chi connectivity index (χ2v) is 7.38. The Morgan fingerprint density at radius 1 is 1.12 bits per heavy atom. The molecule has 0 spiro atoms. The fraction of sp³-hybridized carbons (Fsp3) is 1.00. The van der Waals surface area contributed by atoms with E-state index >= 15 is 0 Å². The van der Waals surface area contributed by atoms with Gasteiger partial charge in [0.2, 0.25) is 0 Å². The van der Waals surface area contributed by atoms with Crippen LogP contribution in [0.5, 0.6) is 0 Å². The summed E-state index contributed by atoms with van der Waals surface area (Å²) in [5.41, 5.74) is 0. The summed E-state index contributed by atoms with van der Waals surface area (Å²) in [5.74, 6) is 4.68. The van der Waals surface area contributed by atoms with Crippen molar-refractivity contribution in [1.82, 2.24) is 0 Å². The van der Waals surface area contributed by atoms with E-state index in [1.807, 2.05) is 6.92 Å². The first-order valence-corrected chi connectivity index (χ1v) is 7.84. The molecular weight excluding hydrogens is 260 g/mol. The maximum atomic E-state index is 11.1. The van der Waals surface area contributed by atoms with Crippen LogP contribution in [0.2, 0.25) is 0 Å². The Morgan fingerprint density at radius 2 is 1.56 bits per heavy atom. The van der Waals surface area contributed by atoms with E-state index in [0.29, 0.717) is 6.42 Å². The molecule has 0 rings (SSSR count). The Kier molecular flexibility index (Phi) is 5.79. The number of rotatable bonds is 7. The van der Waals surface area contributed by atoms with Crippen molar-refractivity contribution in [3.05, 3.63) is 0 Å². The van der Waals surface area contributed by atoms with Crippen LogP contribution >= 0.6 is 15.2 Å². The van der Waals surface area contributed by atoms with Crippen molar-refractivity contribution < 1.29 is 33.5 Å². The van der Waals surface area contributed by atoms with Crippen LogP contribution in [-0.4, -0.2) is 24.7 Å². The van der Waals surface area contributed by atoms with Gasteiger partial charge in [0.05, 0.1) is 0 Å². The van der Waals surface area contributed by atoms with Gasteiger partial charge in [0, 0.05) is 6.42 Å². The van der Waals surface area contributed by atoms with Crippen molar-refractivity contribution in [2.24, 2.45) is 5.90 Å². The zero-order valence-electron chi connectivity index (χ0n) is 8.81. The largest absolute Gasteiger partial charge is 0.371 e. The van der Waals surface area contributed by atoms with E-state index in [-0.39, 0.29) is 6.42 Å². The first kappa shape index (κ1) is 16.2.